The first-order valence-electron chi connectivity index (χ1n) is 7.03. The lowest BCUT2D eigenvalue weighted by atomic mass is 9.97. The van der Waals surface area contributed by atoms with Crippen molar-refractivity contribution in [2.75, 3.05) is 13.7 Å². The molecule has 0 atom stereocenters. The quantitative estimate of drug-likeness (QED) is 0.703. The van der Waals surface area contributed by atoms with Gasteiger partial charge in [-0.2, -0.15) is 0 Å². The molecule has 0 bridgehead atoms. The summed E-state index contributed by atoms with van der Waals surface area (Å²) in [6.45, 7) is 8.32. The maximum absolute atomic E-state index is 11.7. The average molecular weight is 276 g/mol. The van der Waals surface area contributed by atoms with Crippen molar-refractivity contribution in [1.82, 2.24) is 0 Å². The molecule has 1 aromatic rings. The van der Waals surface area contributed by atoms with Crippen LogP contribution in [0.5, 0.6) is 11.5 Å². The molecule has 0 saturated heterocycles. The van der Waals surface area contributed by atoms with E-state index in [4.69, 9.17) is 9.47 Å². The van der Waals surface area contributed by atoms with Gasteiger partial charge in [-0.05, 0) is 37.0 Å². The van der Waals surface area contributed by atoms with E-state index in [-0.39, 0.29) is 11.7 Å². The van der Waals surface area contributed by atoms with Gasteiger partial charge < -0.3 is 9.47 Å². The summed E-state index contributed by atoms with van der Waals surface area (Å²) in [6.07, 6.45) is 2.83. The van der Waals surface area contributed by atoms with Gasteiger partial charge in [0.25, 0.3) is 0 Å². The largest absolute Gasteiger partial charge is 0.492 e. The molecule has 0 N–H and O–H groups in total. The number of Topliss-reactive ketones (excluding diaryl/α,β-unsaturated/α-hetero) is 1. The van der Waals surface area contributed by atoms with Crippen molar-refractivity contribution < 1.29 is 14.3 Å². The minimum atomic E-state index is 0.0851. The molecular weight excluding hydrogens is 252 g/mol. The van der Waals surface area contributed by atoms with E-state index in [2.05, 4.69) is 6.92 Å². The highest BCUT2D eigenvalue weighted by atomic mass is 16.5. The SMILES string of the molecule is CCCOc1cccc(/C=C(/C(C)=O)C(C)C)c1OC. The number of allylic oxidation sites excluding steroid dienone is 1. The van der Waals surface area contributed by atoms with Gasteiger partial charge in [0.15, 0.2) is 17.3 Å². The first-order valence-corrected chi connectivity index (χ1v) is 7.03. The Bertz CT molecular complexity index is 487. The summed E-state index contributed by atoms with van der Waals surface area (Å²) >= 11 is 0. The summed E-state index contributed by atoms with van der Waals surface area (Å²) in [5, 5.41) is 0. The van der Waals surface area contributed by atoms with Gasteiger partial charge in [0, 0.05) is 5.56 Å². The monoisotopic (exact) mass is 276 g/mol. The number of carbonyl (C=O) groups excluding carboxylic acids is 1. The first-order chi connectivity index (χ1) is 9.51. The number of ketones is 1. The molecule has 0 aliphatic rings. The number of ether oxygens (including phenoxy) is 2. The van der Waals surface area contributed by atoms with Crippen LogP contribution in [-0.2, 0) is 4.79 Å². The van der Waals surface area contributed by atoms with E-state index in [9.17, 15) is 4.79 Å². The number of rotatable bonds is 7. The lowest BCUT2D eigenvalue weighted by molar-refractivity contribution is -0.113. The van der Waals surface area contributed by atoms with Crippen molar-refractivity contribution in [3.05, 3.63) is 29.3 Å². The Morgan fingerprint density at radius 2 is 2.05 bits per heavy atom. The fourth-order valence-corrected chi connectivity index (χ4v) is 2.03. The number of hydrogen-bond donors (Lipinski definition) is 0. The van der Waals surface area contributed by atoms with Crippen molar-refractivity contribution in [3.8, 4) is 11.5 Å². The molecule has 0 fully saturated rings. The van der Waals surface area contributed by atoms with Gasteiger partial charge in [0.05, 0.1) is 13.7 Å². The predicted molar refractivity (Wildman–Crippen MR) is 82.3 cm³/mol. The second kappa shape index (κ2) is 7.73. The average Bonchev–Trinajstić information content (AvgIpc) is 2.41. The Kier molecular flexibility index (Phi) is 6.29. The van der Waals surface area contributed by atoms with E-state index >= 15 is 0 Å². The summed E-state index contributed by atoms with van der Waals surface area (Å²) in [7, 11) is 1.62. The third-order valence-electron chi connectivity index (χ3n) is 3.01. The molecule has 0 unspecified atom stereocenters. The van der Waals surface area contributed by atoms with Crippen LogP contribution in [0.2, 0.25) is 0 Å². The van der Waals surface area contributed by atoms with Crippen LogP contribution >= 0.6 is 0 Å². The van der Waals surface area contributed by atoms with Crippen LogP contribution in [0.25, 0.3) is 6.08 Å². The van der Waals surface area contributed by atoms with Crippen LogP contribution in [0.4, 0.5) is 0 Å². The molecule has 3 nitrogen and oxygen atoms in total. The van der Waals surface area contributed by atoms with Crippen LogP contribution in [0.3, 0.4) is 0 Å². The van der Waals surface area contributed by atoms with Gasteiger partial charge in [-0.15, -0.1) is 0 Å². The zero-order chi connectivity index (χ0) is 15.1. The summed E-state index contributed by atoms with van der Waals surface area (Å²) < 4.78 is 11.1. The van der Waals surface area contributed by atoms with Crippen molar-refractivity contribution in [1.29, 1.82) is 0 Å². The van der Waals surface area contributed by atoms with Crippen molar-refractivity contribution in [3.63, 3.8) is 0 Å². The zero-order valence-corrected chi connectivity index (χ0v) is 13.0. The maximum atomic E-state index is 11.7. The number of carbonyl (C=O) groups is 1. The Labute approximate surface area is 121 Å². The molecule has 1 aromatic carbocycles. The molecule has 110 valence electrons. The summed E-state index contributed by atoms with van der Waals surface area (Å²) in [6, 6.07) is 5.73. The Morgan fingerprint density at radius 3 is 2.55 bits per heavy atom. The number of methoxy groups -OCH3 is 1. The zero-order valence-electron chi connectivity index (χ0n) is 13.0. The second-order valence-corrected chi connectivity index (χ2v) is 5.04. The van der Waals surface area contributed by atoms with Gasteiger partial charge in [-0.3, -0.25) is 4.79 Å². The third-order valence-corrected chi connectivity index (χ3v) is 3.01. The van der Waals surface area contributed by atoms with Crippen LogP contribution < -0.4 is 9.47 Å². The molecule has 0 aliphatic carbocycles. The van der Waals surface area contributed by atoms with Crippen LogP contribution in [0, 0.1) is 5.92 Å². The van der Waals surface area contributed by atoms with E-state index in [1.54, 1.807) is 14.0 Å². The first kappa shape index (κ1) is 16.3. The lowest BCUT2D eigenvalue weighted by Gasteiger charge is -2.14. The summed E-state index contributed by atoms with van der Waals surface area (Å²) in [5.74, 6) is 1.66. The minimum absolute atomic E-state index is 0.0851. The molecule has 0 heterocycles. The van der Waals surface area contributed by atoms with Crippen LogP contribution in [0.1, 0.15) is 39.7 Å². The van der Waals surface area contributed by atoms with Crippen LogP contribution in [0.15, 0.2) is 23.8 Å². The summed E-state index contributed by atoms with van der Waals surface area (Å²) in [5.41, 5.74) is 1.66. The Morgan fingerprint density at radius 1 is 1.35 bits per heavy atom. The Balaban J connectivity index is 3.23. The van der Waals surface area contributed by atoms with E-state index < -0.39 is 0 Å². The molecule has 20 heavy (non-hydrogen) atoms. The minimum Gasteiger partial charge on any atom is -0.492 e. The highest BCUT2D eigenvalue weighted by molar-refractivity contribution is 5.98. The highest BCUT2D eigenvalue weighted by Crippen LogP contribution is 2.33. The fourth-order valence-electron chi connectivity index (χ4n) is 2.03. The molecular formula is C17H24O3. The molecule has 0 saturated carbocycles. The van der Waals surface area contributed by atoms with Gasteiger partial charge in [0.2, 0.25) is 0 Å². The lowest BCUT2D eigenvalue weighted by Crippen LogP contribution is -2.04. The van der Waals surface area contributed by atoms with Gasteiger partial charge >= 0.3 is 0 Å². The standard InChI is InChI=1S/C17H24O3/c1-6-10-20-16-9-7-8-14(17(16)19-5)11-15(12(2)3)13(4)18/h7-9,11-12H,6,10H2,1-5H3/b15-11+. The number of benzene rings is 1. The fraction of sp³-hybridized carbons (Fsp3) is 0.471. The maximum Gasteiger partial charge on any atom is 0.167 e. The van der Waals surface area contributed by atoms with Crippen molar-refractivity contribution >= 4 is 11.9 Å². The predicted octanol–water partition coefficient (Wildman–Crippen LogP) is 4.11. The van der Waals surface area contributed by atoms with Gasteiger partial charge in [0.1, 0.15) is 0 Å². The summed E-state index contributed by atoms with van der Waals surface area (Å²) in [4.78, 5) is 11.7. The van der Waals surface area contributed by atoms with Gasteiger partial charge in [-0.25, -0.2) is 0 Å². The van der Waals surface area contributed by atoms with Crippen molar-refractivity contribution in [2.24, 2.45) is 5.92 Å². The number of hydrogen-bond acceptors (Lipinski definition) is 3. The smallest absolute Gasteiger partial charge is 0.167 e. The number of para-hydroxylation sites is 1. The molecule has 0 radical (unpaired) electrons. The third kappa shape index (κ3) is 4.12. The van der Waals surface area contributed by atoms with Crippen LogP contribution in [-0.4, -0.2) is 19.5 Å². The highest BCUT2D eigenvalue weighted by Gasteiger charge is 2.13. The second-order valence-electron chi connectivity index (χ2n) is 5.04. The molecule has 0 aliphatic heterocycles. The molecule has 0 aromatic heterocycles. The molecule has 0 spiro atoms. The molecule has 0 amide bonds. The topological polar surface area (TPSA) is 35.5 Å². The van der Waals surface area contributed by atoms with Gasteiger partial charge in [-0.1, -0.05) is 32.9 Å². The van der Waals surface area contributed by atoms with E-state index in [0.29, 0.717) is 12.4 Å². The van der Waals surface area contributed by atoms with E-state index in [0.717, 1.165) is 23.3 Å². The molecule has 1 rings (SSSR count). The van der Waals surface area contributed by atoms with E-state index in [1.807, 2.05) is 38.1 Å². The Hall–Kier alpha value is -1.77. The molecule has 3 heteroatoms. The van der Waals surface area contributed by atoms with E-state index in [1.165, 1.54) is 0 Å². The van der Waals surface area contributed by atoms with Crippen molar-refractivity contribution in [2.45, 2.75) is 34.1 Å². The normalized spacial score (nSPS) is 11.6.